The summed E-state index contributed by atoms with van der Waals surface area (Å²) < 4.78 is 28.2. The minimum Gasteiger partial charge on any atom is -0.485 e. The van der Waals surface area contributed by atoms with Crippen LogP contribution in [0.3, 0.4) is 0 Å². The Kier molecular flexibility index (Phi) is 5.57. The summed E-state index contributed by atoms with van der Waals surface area (Å²) in [6.45, 7) is -0.661. The summed E-state index contributed by atoms with van der Waals surface area (Å²) in [6.07, 6.45) is -2.50. The first-order valence-corrected chi connectivity index (χ1v) is 3.93. The van der Waals surface area contributed by atoms with E-state index in [0.717, 1.165) is 0 Å². The van der Waals surface area contributed by atoms with Crippen LogP contribution in [0.15, 0.2) is 18.2 Å². The maximum atomic E-state index is 11.7. The molecule has 6 heteroatoms. The van der Waals surface area contributed by atoms with Gasteiger partial charge in [-0.15, -0.1) is 12.4 Å². The summed E-state index contributed by atoms with van der Waals surface area (Å²) in [4.78, 5) is 0. The van der Waals surface area contributed by atoms with Gasteiger partial charge in [-0.3, -0.25) is 0 Å². The second kappa shape index (κ2) is 5.88. The fourth-order valence-corrected chi connectivity index (χ4v) is 0.984. The number of rotatable bonds is 3. The van der Waals surface area contributed by atoms with Crippen molar-refractivity contribution >= 4 is 29.7 Å². The lowest BCUT2D eigenvalue weighted by atomic mass is 10.3. The lowest BCUT2D eigenvalue weighted by molar-refractivity contribution is 0.0823. The monoisotopic (exact) mass is 243 g/mol. The quantitative estimate of drug-likeness (QED) is 0.829. The molecule has 1 aromatic carbocycles. The number of nitrogens with two attached hydrogens (primary N) is 1. The molecule has 0 aliphatic carbocycles. The van der Waals surface area contributed by atoms with Crippen molar-refractivity contribution in [1.82, 2.24) is 0 Å². The van der Waals surface area contributed by atoms with Crippen LogP contribution in [-0.2, 0) is 0 Å². The number of nitrogen functional groups attached to an aromatic ring is 1. The van der Waals surface area contributed by atoms with Gasteiger partial charge in [0.05, 0.1) is 5.69 Å². The van der Waals surface area contributed by atoms with Crippen molar-refractivity contribution in [2.75, 3.05) is 12.3 Å². The van der Waals surface area contributed by atoms with Gasteiger partial charge in [-0.25, -0.2) is 8.78 Å². The molecule has 0 heterocycles. The average Bonchev–Trinajstić information content (AvgIpc) is 2.02. The molecule has 1 aromatic rings. The number of benzene rings is 1. The molecule has 1 rings (SSSR count). The summed E-state index contributed by atoms with van der Waals surface area (Å²) in [5.41, 5.74) is 5.71. The third-order valence-corrected chi connectivity index (χ3v) is 1.57. The molecule has 0 atom stereocenters. The van der Waals surface area contributed by atoms with E-state index in [1.54, 1.807) is 0 Å². The van der Waals surface area contributed by atoms with Gasteiger partial charge in [-0.1, -0.05) is 11.6 Å². The normalized spacial score (nSPS) is 9.71. The van der Waals surface area contributed by atoms with Gasteiger partial charge in [0, 0.05) is 5.02 Å². The van der Waals surface area contributed by atoms with Gasteiger partial charge in [0.1, 0.15) is 12.4 Å². The Bertz CT molecular complexity index is 297. The highest BCUT2D eigenvalue weighted by Gasteiger charge is 2.05. The van der Waals surface area contributed by atoms with E-state index in [-0.39, 0.29) is 23.8 Å². The lowest BCUT2D eigenvalue weighted by Gasteiger charge is -2.07. The van der Waals surface area contributed by atoms with E-state index in [2.05, 4.69) is 0 Å². The summed E-state index contributed by atoms with van der Waals surface area (Å²) in [6, 6.07) is 4.43. The highest BCUT2D eigenvalue weighted by Crippen LogP contribution is 2.25. The largest absolute Gasteiger partial charge is 0.485 e. The van der Waals surface area contributed by atoms with Gasteiger partial charge in [0.25, 0.3) is 6.43 Å². The summed E-state index contributed by atoms with van der Waals surface area (Å²) >= 11 is 5.60. The molecule has 0 aromatic heterocycles. The maximum Gasteiger partial charge on any atom is 0.272 e. The van der Waals surface area contributed by atoms with Gasteiger partial charge >= 0.3 is 0 Å². The van der Waals surface area contributed by atoms with Gasteiger partial charge in [0.15, 0.2) is 0 Å². The topological polar surface area (TPSA) is 35.2 Å². The van der Waals surface area contributed by atoms with E-state index in [1.165, 1.54) is 18.2 Å². The van der Waals surface area contributed by atoms with E-state index in [1.807, 2.05) is 0 Å². The van der Waals surface area contributed by atoms with Crippen molar-refractivity contribution in [3.8, 4) is 5.75 Å². The first kappa shape index (κ1) is 13.3. The van der Waals surface area contributed by atoms with Crippen molar-refractivity contribution in [2.24, 2.45) is 0 Å². The van der Waals surface area contributed by atoms with Crippen LogP contribution in [0.1, 0.15) is 0 Å². The van der Waals surface area contributed by atoms with Crippen LogP contribution in [0.5, 0.6) is 5.75 Å². The zero-order valence-corrected chi connectivity index (χ0v) is 8.62. The molecule has 2 nitrogen and oxygen atoms in total. The van der Waals surface area contributed by atoms with Crippen LogP contribution in [-0.4, -0.2) is 13.0 Å². The molecule has 0 radical (unpaired) electrons. The Labute approximate surface area is 91.4 Å². The van der Waals surface area contributed by atoms with Crippen molar-refractivity contribution in [3.63, 3.8) is 0 Å². The molecule has 14 heavy (non-hydrogen) atoms. The predicted molar refractivity (Wildman–Crippen MR) is 54.6 cm³/mol. The second-order valence-corrected chi connectivity index (χ2v) is 2.82. The predicted octanol–water partition coefficient (Wildman–Crippen LogP) is 2.99. The Morgan fingerprint density at radius 3 is 2.57 bits per heavy atom. The van der Waals surface area contributed by atoms with E-state index in [0.29, 0.717) is 5.02 Å². The minimum absolute atomic E-state index is 0. The Hall–Kier alpha value is -0.740. The first-order valence-electron chi connectivity index (χ1n) is 3.55. The van der Waals surface area contributed by atoms with E-state index >= 15 is 0 Å². The van der Waals surface area contributed by atoms with E-state index < -0.39 is 13.0 Å². The summed E-state index contributed by atoms with van der Waals surface area (Å²) in [7, 11) is 0. The zero-order chi connectivity index (χ0) is 9.84. The van der Waals surface area contributed by atoms with Crippen molar-refractivity contribution in [1.29, 1.82) is 0 Å². The number of ether oxygens (including phenoxy) is 1. The number of hydrogen-bond donors (Lipinski definition) is 1. The van der Waals surface area contributed by atoms with Gasteiger partial charge in [-0.2, -0.15) is 0 Å². The van der Waals surface area contributed by atoms with Gasteiger partial charge < -0.3 is 10.5 Å². The van der Waals surface area contributed by atoms with E-state index in [9.17, 15) is 8.78 Å². The molecule has 0 aliphatic heterocycles. The molecule has 0 unspecified atom stereocenters. The molecular formula is C8H9Cl2F2NO. The number of alkyl halides is 2. The Morgan fingerprint density at radius 2 is 2.07 bits per heavy atom. The molecular weight excluding hydrogens is 235 g/mol. The van der Waals surface area contributed by atoms with Crippen LogP contribution in [0.25, 0.3) is 0 Å². The smallest absolute Gasteiger partial charge is 0.272 e. The third kappa shape index (κ3) is 3.98. The molecule has 2 N–H and O–H groups in total. The minimum atomic E-state index is -2.50. The molecule has 0 saturated carbocycles. The third-order valence-electron chi connectivity index (χ3n) is 1.34. The standard InChI is InChI=1S/C8H8ClF2NO.ClH/c9-5-1-2-7(6(12)3-5)13-4-8(10)11;/h1-3,8H,4,12H2;1H. The molecule has 0 spiro atoms. The molecule has 0 amide bonds. The highest BCUT2D eigenvalue weighted by molar-refractivity contribution is 6.30. The molecule has 0 saturated heterocycles. The van der Waals surface area contributed by atoms with Crippen molar-refractivity contribution < 1.29 is 13.5 Å². The maximum absolute atomic E-state index is 11.7. The number of anilines is 1. The summed E-state index contributed by atoms with van der Waals surface area (Å²) in [5, 5.41) is 0.446. The lowest BCUT2D eigenvalue weighted by Crippen LogP contribution is -2.08. The average molecular weight is 244 g/mol. The van der Waals surface area contributed by atoms with Crippen LogP contribution in [0, 0.1) is 0 Å². The SMILES string of the molecule is Cl.Nc1cc(Cl)ccc1OCC(F)F. The van der Waals surface area contributed by atoms with Gasteiger partial charge in [-0.05, 0) is 18.2 Å². The van der Waals surface area contributed by atoms with E-state index in [4.69, 9.17) is 22.1 Å². The fourth-order valence-electron chi connectivity index (χ4n) is 0.804. The molecule has 0 bridgehead atoms. The fraction of sp³-hybridized carbons (Fsp3) is 0.250. The van der Waals surface area contributed by atoms with Crippen LogP contribution < -0.4 is 10.5 Å². The summed E-state index contributed by atoms with van der Waals surface area (Å²) in [5.74, 6) is 0.227. The van der Waals surface area contributed by atoms with Crippen LogP contribution in [0.2, 0.25) is 5.02 Å². The first-order chi connectivity index (χ1) is 6.09. The molecule has 80 valence electrons. The zero-order valence-electron chi connectivity index (χ0n) is 7.04. The Balaban J connectivity index is 0.00000169. The highest BCUT2D eigenvalue weighted by atomic mass is 35.5. The number of halogens is 4. The van der Waals surface area contributed by atoms with Gasteiger partial charge in [0.2, 0.25) is 0 Å². The van der Waals surface area contributed by atoms with Crippen molar-refractivity contribution in [2.45, 2.75) is 6.43 Å². The number of hydrogen-bond acceptors (Lipinski definition) is 2. The molecule has 0 fully saturated rings. The second-order valence-electron chi connectivity index (χ2n) is 2.38. The van der Waals surface area contributed by atoms with Crippen molar-refractivity contribution in [3.05, 3.63) is 23.2 Å². The Morgan fingerprint density at radius 1 is 1.43 bits per heavy atom. The van der Waals surface area contributed by atoms with Crippen LogP contribution >= 0.6 is 24.0 Å². The van der Waals surface area contributed by atoms with Crippen LogP contribution in [0.4, 0.5) is 14.5 Å². The molecule has 0 aliphatic rings.